The molecule has 0 atom stereocenters. The Balaban J connectivity index is 2.63. The molecule has 4 heteroatoms. The molecule has 1 heterocycles. The molecule has 112 valence electrons. The fourth-order valence-corrected chi connectivity index (χ4v) is 2.50. The zero-order chi connectivity index (χ0) is 15.6. The lowest BCUT2D eigenvalue weighted by Crippen LogP contribution is -2.28. The van der Waals surface area contributed by atoms with Gasteiger partial charge >= 0.3 is 0 Å². The minimum absolute atomic E-state index is 0.0900. The maximum absolute atomic E-state index is 12.3. The summed E-state index contributed by atoms with van der Waals surface area (Å²) in [6.45, 7) is 8.84. The molecule has 0 fully saturated rings. The summed E-state index contributed by atoms with van der Waals surface area (Å²) in [5, 5.41) is 4.54. The Bertz CT molecular complexity index is 704. The van der Waals surface area contributed by atoms with Crippen LogP contribution < -0.4 is 5.56 Å². The minimum Gasteiger partial charge on any atom is -0.267 e. The Morgan fingerprint density at radius 1 is 1.24 bits per heavy atom. The van der Waals surface area contributed by atoms with Crippen LogP contribution in [0.4, 0.5) is 0 Å². The summed E-state index contributed by atoms with van der Waals surface area (Å²) in [6, 6.07) is 8.06. The van der Waals surface area contributed by atoms with Crippen molar-refractivity contribution in [2.24, 2.45) is 5.92 Å². The first-order valence-electron chi connectivity index (χ1n) is 7.17. The third-order valence-corrected chi connectivity index (χ3v) is 3.69. The Morgan fingerprint density at radius 3 is 2.57 bits per heavy atom. The maximum Gasteiger partial charge on any atom is 0.271 e. The van der Waals surface area contributed by atoms with Gasteiger partial charge < -0.3 is 0 Å². The summed E-state index contributed by atoms with van der Waals surface area (Å²) >= 11 is 5.93. The van der Waals surface area contributed by atoms with Crippen molar-refractivity contribution >= 4 is 11.6 Å². The van der Waals surface area contributed by atoms with E-state index in [4.69, 9.17) is 11.6 Å². The van der Waals surface area contributed by atoms with Gasteiger partial charge in [0.25, 0.3) is 5.56 Å². The molecule has 3 nitrogen and oxygen atoms in total. The van der Waals surface area contributed by atoms with E-state index >= 15 is 0 Å². The fraction of sp³-hybridized carbons (Fsp3) is 0.412. The standard InChI is InChI=1S/C17H21ClN2O/c1-11(2)10-20-17(21)14(9-18)8-16(19-20)15-7-12(3)5-6-13(15)4/h5-8,11H,9-10H2,1-4H3. The fourth-order valence-electron chi connectivity index (χ4n) is 2.31. The molecule has 2 aromatic rings. The summed E-state index contributed by atoms with van der Waals surface area (Å²) < 4.78 is 1.54. The second-order valence-electron chi connectivity index (χ2n) is 5.89. The number of aromatic nitrogens is 2. The highest BCUT2D eigenvalue weighted by Crippen LogP contribution is 2.23. The third kappa shape index (κ3) is 3.53. The third-order valence-electron chi connectivity index (χ3n) is 3.40. The number of alkyl halides is 1. The van der Waals surface area contributed by atoms with Crippen molar-refractivity contribution in [3.8, 4) is 11.3 Å². The molecule has 0 saturated carbocycles. The number of hydrogen-bond acceptors (Lipinski definition) is 2. The van der Waals surface area contributed by atoms with Crippen LogP contribution in [0.25, 0.3) is 11.3 Å². The van der Waals surface area contributed by atoms with Crippen molar-refractivity contribution in [1.29, 1.82) is 0 Å². The molecular weight excluding hydrogens is 284 g/mol. The molecule has 1 aromatic heterocycles. The van der Waals surface area contributed by atoms with E-state index in [0.29, 0.717) is 18.0 Å². The number of nitrogens with zero attached hydrogens (tertiary/aromatic N) is 2. The molecule has 21 heavy (non-hydrogen) atoms. The topological polar surface area (TPSA) is 34.9 Å². The summed E-state index contributed by atoms with van der Waals surface area (Å²) in [5.41, 5.74) is 4.69. The van der Waals surface area contributed by atoms with Gasteiger partial charge in [-0.3, -0.25) is 4.79 Å². The van der Waals surface area contributed by atoms with Crippen LogP contribution in [-0.4, -0.2) is 9.78 Å². The quantitative estimate of drug-likeness (QED) is 0.802. The van der Waals surface area contributed by atoms with Gasteiger partial charge in [0.15, 0.2) is 0 Å². The lowest BCUT2D eigenvalue weighted by Gasteiger charge is -2.13. The Kier molecular flexibility index (Phi) is 4.84. The number of rotatable bonds is 4. The smallest absolute Gasteiger partial charge is 0.267 e. The normalized spacial score (nSPS) is 11.1. The molecule has 0 N–H and O–H groups in total. The predicted octanol–water partition coefficient (Wildman–Crippen LogP) is 3.92. The SMILES string of the molecule is Cc1ccc(C)c(-c2cc(CCl)c(=O)n(CC(C)C)n2)c1. The van der Waals surface area contributed by atoms with Crippen molar-refractivity contribution in [3.63, 3.8) is 0 Å². The van der Waals surface area contributed by atoms with Crippen LogP contribution >= 0.6 is 11.6 Å². The molecule has 2 rings (SSSR count). The molecule has 0 bridgehead atoms. The first kappa shape index (κ1) is 15.8. The van der Waals surface area contributed by atoms with Crippen LogP contribution in [0.5, 0.6) is 0 Å². The van der Waals surface area contributed by atoms with E-state index in [1.807, 2.05) is 6.07 Å². The van der Waals surface area contributed by atoms with Crippen LogP contribution in [0.1, 0.15) is 30.5 Å². The number of benzene rings is 1. The highest BCUT2D eigenvalue weighted by molar-refractivity contribution is 6.17. The first-order valence-corrected chi connectivity index (χ1v) is 7.70. The zero-order valence-corrected chi connectivity index (χ0v) is 13.7. The molecule has 0 unspecified atom stereocenters. The Morgan fingerprint density at radius 2 is 1.95 bits per heavy atom. The van der Waals surface area contributed by atoms with Gasteiger partial charge in [-0.1, -0.05) is 31.5 Å². The molecule has 0 aliphatic heterocycles. The van der Waals surface area contributed by atoms with Crippen LogP contribution in [0.15, 0.2) is 29.1 Å². The molecule has 0 aliphatic rings. The van der Waals surface area contributed by atoms with E-state index < -0.39 is 0 Å². The largest absolute Gasteiger partial charge is 0.271 e. The summed E-state index contributed by atoms with van der Waals surface area (Å²) in [5.74, 6) is 0.560. The van der Waals surface area contributed by atoms with Gasteiger partial charge in [0.05, 0.1) is 11.6 Å². The van der Waals surface area contributed by atoms with E-state index in [2.05, 4.69) is 51.0 Å². The van der Waals surface area contributed by atoms with Crippen molar-refractivity contribution < 1.29 is 0 Å². The number of hydrogen-bond donors (Lipinski definition) is 0. The van der Waals surface area contributed by atoms with Gasteiger partial charge in [-0.05, 0) is 37.5 Å². The van der Waals surface area contributed by atoms with Crippen LogP contribution in [-0.2, 0) is 12.4 Å². The number of halogens is 1. The van der Waals surface area contributed by atoms with Gasteiger partial charge in [-0.25, -0.2) is 4.68 Å². The van der Waals surface area contributed by atoms with Gasteiger partial charge in [0.1, 0.15) is 0 Å². The molecule has 0 aliphatic carbocycles. The molecule has 1 aromatic carbocycles. The van der Waals surface area contributed by atoms with E-state index in [9.17, 15) is 4.79 Å². The Hall–Kier alpha value is -1.61. The minimum atomic E-state index is -0.0900. The van der Waals surface area contributed by atoms with Gasteiger partial charge in [0.2, 0.25) is 0 Å². The van der Waals surface area contributed by atoms with Gasteiger partial charge in [-0.15, -0.1) is 11.6 Å². The van der Waals surface area contributed by atoms with Crippen LogP contribution in [0.3, 0.4) is 0 Å². The molecule has 0 spiro atoms. The van der Waals surface area contributed by atoms with Crippen molar-refractivity contribution in [2.45, 2.75) is 40.1 Å². The van der Waals surface area contributed by atoms with E-state index in [1.165, 1.54) is 5.56 Å². The first-order chi connectivity index (χ1) is 9.92. The molecular formula is C17H21ClN2O. The van der Waals surface area contributed by atoms with Crippen molar-refractivity contribution in [2.75, 3.05) is 0 Å². The monoisotopic (exact) mass is 304 g/mol. The van der Waals surface area contributed by atoms with Crippen molar-refractivity contribution in [3.05, 3.63) is 51.3 Å². The average molecular weight is 305 g/mol. The lowest BCUT2D eigenvalue weighted by atomic mass is 10.0. The lowest BCUT2D eigenvalue weighted by molar-refractivity contribution is 0.463. The summed E-state index contributed by atoms with van der Waals surface area (Å²) in [4.78, 5) is 12.3. The average Bonchev–Trinajstić information content (AvgIpc) is 2.43. The van der Waals surface area contributed by atoms with Gasteiger partial charge in [-0.2, -0.15) is 5.10 Å². The van der Waals surface area contributed by atoms with E-state index in [-0.39, 0.29) is 11.4 Å². The highest BCUT2D eigenvalue weighted by atomic mass is 35.5. The van der Waals surface area contributed by atoms with Crippen molar-refractivity contribution in [1.82, 2.24) is 9.78 Å². The highest BCUT2D eigenvalue weighted by Gasteiger charge is 2.12. The van der Waals surface area contributed by atoms with Crippen LogP contribution in [0.2, 0.25) is 0 Å². The molecule has 0 radical (unpaired) electrons. The maximum atomic E-state index is 12.3. The second kappa shape index (κ2) is 6.44. The van der Waals surface area contributed by atoms with E-state index in [0.717, 1.165) is 16.8 Å². The van der Waals surface area contributed by atoms with Crippen LogP contribution in [0, 0.1) is 19.8 Å². The summed E-state index contributed by atoms with van der Waals surface area (Å²) in [7, 11) is 0. The van der Waals surface area contributed by atoms with Gasteiger partial charge in [0, 0.05) is 17.7 Å². The molecule has 0 amide bonds. The number of aryl methyl sites for hydroxylation is 2. The Labute approximate surface area is 130 Å². The zero-order valence-electron chi connectivity index (χ0n) is 13.0. The second-order valence-corrected chi connectivity index (χ2v) is 6.16. The predicted molar refractivity (Wildman–Crippen MR) is 87.8 cm³/mol. The molecule has 0 saturated heterocycles. The van der Waals surface area contributed by atoms with E-state index in [1.54, 1.807) is 4.68 Å². The summed E-state index contributed by atoms with van der Waals surface area (Å²) in [6.07, 6.45) is 0.